The second-order valence-corrected chi connectivity index (χ2v) is 7.58. The minimum atomic E-state index is -2.51. The van der Waals surface area contributed by atoms with Crippen molar-refractivity contribution in [2.24, 2.45) is 0 Å². The largest absolute Gasteiger partial charge is 0.488 e. The molecule has 1 saturated heterocycles. The van der Waals surface area contributed by atoms with Gasteiger partial charge in [-0.1, -0.05) is 30.3 Å². The number of halogens is 2. The number of likely N-dealkylation sites (tertiary alicyclic amines) is 1. The Hall–Kier alpha value is -3.09. The number of alkyl halides is 2. The smallest absolute Gasteiger partial charge is 0.317 e. The Balaban J connectivity index is 1.27. The van der Waals surface area contributed by atoms with Crippen molar-refractivity contribution in [2.75, 3.05) is 19.7 Å². The van der Waals surface area contributed by atoms with Crippen LogP contribution in [0.1, 0.15) is 30.0 Å². The zero-order valence-electron chi connectivity index (χ0n) is 16.6. The number of nitrogens with zero attached hydrogens (tertiary/aromatic N) is 1. The fourth-order valence-corrected chi connectivity index (χ4v) is 3.90. The molecule has 1 aromatic heterocycles. The molecule has 0 atom stereocenters. The van der Waals surface area contributed by atoms with Gasteiger partial charge in [0.25, 0.3) is 6.43 Å². The molecule has 2 amide bonds. The SMILES string of the molecule is O=C(NCc1cccc(OCC(F)F)c1)N1CCC(c2cc3ccccc3[nH]2)CC1. The zero-order chi connectivity index (χ0) is 20.9. The van der Waals surface area contributed by atoms with E-state index in [0.29, 0.717) is 31.3 Å². The summed E-state index contributed by atoms with van der Waals surface area (Å²) in [5, 5.41) is 4.13. The molecule has 0 bridgehead atoms. The van der Waals surface area contributed by atoms with Gasteiger partial charge in [-0.3, -0.25) is 0 Å². The fourth-order valence-electron chi connectivity index (χ4n) is 3.90. The van der Waals surface area contributed by atoms with Crippen molar-refractivity contribution in [3.63, 3.8) is 0 Å². The Labute approximate surface area is 174 Å². The molecule has 2 N–H and O–H groups in total. The maximum Gasteiger partial charge on any atom is 0.317 e. The van der Waals surface area contributed by atoms with Crippen LogP contribution in [-0.2, 0) is 6.54 Å². The van der Waals surface area contributed by atoms with Gasteiger partial charge in [0.1, 0.15) is 12.4 Å². The van der Waals surface area contributed by atoms with Gasteiger partial charge in [0.2, 0.25) is 0 Å². The van der Waals surface area contributed by atoms with E-state index < -0.39 is 13.0 Å². The van der Waals surface area contributed by atoms with E-state index in [9.17, 15) is 13.6 Å². The number of ether oxygens (including phenoxy) is 1. The van der Waals surface area contributed by atoms with E-state index >= 15 is 0 Å². The highest BCUT2D eigenvalue weighted by atomic mass is 19.3. The Bertz CT molecular complexity index is 964. The van der Waals surface area contributed by atoms with Crippen LogP contribution in [0.4, 0.5) is 13.6 Å². The van der Waals surface area contributed by atoms with E-state index in [-0.39, 0.29) is 6.03 Å². The molecule has 0 radical (unpaired) electrons. The van der Waals surface area contributed by atoms with E-state index in [4.69, 9.17) is 4.74 Å². The first-order valence-corrected chi connectivity index (χ1v) is 10.2. The molecule has 0 unspecified atom stereocenters. The number of rotatable bonds is 6. The highest BCUT2D eigenvalue weighted by molar-refractivity contribution is 5.80. The molecule has 2 aromatic carbocycles. The van der Waals surface area contributed by atoms with Crippen molar-refractivity contribution in [2.45, 2.75) is 31.7 Å². The summed E-state index contributed by atoms with van der Waals surface area (Å²) in [7, 11) is 0. The van der Waals surface area contributed by atoms with E-state index in [2.05, 4.69) is 28.5 Å². The third-order valence-electron chi connectivity index (χ3n) is 5.49. The van der Waals surface area contributed by atoms with Crippen molar-refractivity contribution in [1.29, 1.82) is 0 Å². The Morgan fingerprint density at radius 3 is 2.70 bits per heavy atom. The summed E-state index contributed by atoms with van der Waals surface area (Å²) < 4.78 is 29.6. The van der Waals surface area contributed by atoms with Gasteiger partial charge in [-0.25, -0.2) is 13.6 Å². The van der Waals surface area contributed by atoms with Crippen LogP contribution in [0.2, 0.25) is 0 Å². The highest BCUT2D eigenvalue weighted by Crippen LogP contribution is 2.29. The summed E-state index contributed by atoms with van der Waals surface area (Å²) in [6, 6.07) is 17.2. The van der Waals surface area contributed by atoms with Gasteiger partial charge in [0, 0.05) is 36.8 Å². The van der Waals surface area contributed by atoms with Crippen molar-refractivity contribution in [3.8, 4) is 5.75 Å². The van der Waals surface area contributed by atoms with Crippen LogP contribution in [0, 0.1) is 0 Å². The summed E-state index contributed by atoms with van der Waals surface area (Å²) in [6.07, 6.45) is -0.686. The number of benzene rings is 2. The normalized spacial score (nSPS) is 15.0. The molecule has 5 nitrogen and oxygen atoms in total. The number of carbonyl (C=O) groups excluding carboxylic acids is 1. The minimum Gasteiger partial charge on any atom is -0.488 e. The maximum atomic E-state index is 12.5. The third-order valence-corrected chi connectivity index (χ3v) is 5.49. The summed E-state index contributed by atoms with van der Waals surface area (Å²) in [5.74, 6) is 0.798. The third kappa shape index (κ3) is 4.90. The number of hydrogen-bond donors (Lipinski definition) is 2. The van der Waals surface area contributed by atoms with Crippen LogP contribution < -0.4 is 10.1 Å². The molecule has 3 aromatic rings. The molecular formula is C23H25F2N3O2. The molecular weight excluding hydrogens is 388 g/mol. The number of amides is 2. The molecule has 1 fully saturated rings. The van der Waals surface area contributed by atoms with E-state index in [1.54, 1.807) is 18.2 Å². The number of piperidine rings is 1. The Morgan fingerprint density at radius 2 is 1.93 bits per heavy atom. The number of aromatic amines is 1. The van der Waals surface area contributed by atoms with Gasteiger partial charge < -0.3 is 19.9 Å². The van der Waals surface area contributed by atoms with Gasteiger partial charge >= 0.3 is 6.03 Å². The summed E-state index contributed by atoms with van der Waals surface area (Å²) in [6.45, 7) is 1.08. The fraction of sp³-hybridized carbons (Fsp3) is 0.348. The zero-order valence-corrected chi connectivity index (χ0v) is 16.6. The molecule has 30 heavy (non-hydrogen) atoms. The molecule has 1 aliphatic rings. The van der Waals surface area contributed by atoms with Crippen molar-refractivity contribution in [3.05, 3.63) is 65.9 Å². The molecule has 4 rings (SSSR count). The summed E-state index contributed by atoms with van der Waals surface area (Å²) in [5.41, 5.74) is 3.19. The number of H-pyrrole nitrogens is 1. The van der Waals surface area contributed by atoms with Gasteiger partial charge in [0.05, 0.1) is 0 Å². The Kier molecular flexibility index (Phi) is 6.16. The standard InChI is InChI=1S/C23H25F2N3O2/c24-22(25)15-30-19-6-3-4-16(12-19)14-26-23(29)28-10-8-17(9-11-28)21-13-18-5-1-2-7-20(18)27-21/h1-7,12-13,17,22,27H,8-11,14-15H2,(H,26,29). The molecule has 0 spiro atoms. The predicted molar refractivity (Wildman–Crippen MR) is 112 cm³/mol. The van der Waals surface area contributed by atoms with Gasteiger partial charge in [-0.05, 0) is 48.1 Å². The molecule has 1 aliphatic heterocycles. The summed E-state index contributed by atoms with van der Waals surface area (Å²) >= 11 is 0. The molecule has 0 saturated carbocycles. The van der Waals surface area contributed by atoms with Crippen LogP contribution >= 0.6 is 0 Å². The van der Waals surface area contributed by atoms with Crippen molar-refractivity contribution < 1.29 is 18.3 Å². The van der Waals surface area contributed by atoms with Crippen LogP contribution in [-0.4, -0.2) is 42.0 Å². The molecule has 158 valence electrons. The summed E-state index contributed by atoms with van der Waals surface area (Å²) in [4.78, 5) is 17.9. The number of carbonyl (C=O) groups is 1. The van der Waals surface area contributed by atoms with E-state index in [1.165, 1.54) is 11.1 Å². The first-order chi connectivity index (χ1) is 14.6. The second kappa shape index (κ2) is 9.15. The number of hydrogen-bond acceptors (Lipinski definition) is 2. The second-order valence-electron chi connectivity index (χ2n) is 7.58. The van der Waals surface area contributed by atoms with Crippen LogP contribution in [0.5, 0.6) is 5.75 Å². The highest BCUT2D eigenvalue weighted by Gasteiger charge is 2.24. The topological polar surface area (TPSA) is 57.4 Å². The minimum absolute atomic E-state index is 0.107. The van der Waals surface area contributed by atoms with Crippen LogP contribution in [0.25, 0.3) is 10.9 Å². The Morgan fingerprint density at radius 1 is 1.13 bits per heavy atom. The quantitative estimate of drug-likeness (QED) is 0.604. The predicted octanol–water partition coefficient (Wildman–Crippen LogP) is 4.90. The number of para-hydroxylation sites is 1. The number of aromatic nitrogens is 1. The average molecular weight is 413 g/mol. The monoisotopic (exact) mass is 413 g/mol. The van der Waals surface area contributed by atoms with Gasteiger partial charge in [-0.15, -0.1) is 0 Å². The first kappa shape index (κ1) is 20.2. The lowest BCUT2D eigenvalue weighted by Gasteiger charge is -2.31. The lowest BCUT2D eigenvalue weighted by atomic mass is 9.94. The van der Waals surface area contributed by atoms with Crippen molar-refractivity contribution >= 4 is 16.9 Å². The first-order valence-electron chi connectivity index (χ1n) is 10.2. The van der Waals surface area contributed by atoms with E-state index in [0.717, 1.165) is 23.9 Å². The van der Waals surface area contributed by atoms with Crippen LogP contribution in [0.3, 0.4) is 0 Å². The van der Waals surface area contributed by atoms with Gasteiger partial charge in [0.15, 0.2) is 0 Å². The molecule has 2 heterocycles. The number of urea groups is 1. The molecule has 7 heteroatoms. The van der Waals surface area contributed by atoms with E-state index in [1.807, 2.05) is 23.1 Å². The molecule has 0 aliphatic carbocycles. The number of nitrogens with one attached hydrogen (secondary N) is 2. The number of fused-ring (bicyclic) bond motifs is 1. The maximum absolute atomic E-state index is 12.5. The lowest BCUT2D eigenvalue weighted by molar-refractivity contribution is 0.0818. The van der Waals surface area contributed by atoms with Gasteiger partial charge in [-0.2, -0.15) is 0 Å². The average Bonchev–Trinajstić information content (AvgIpc) is 3.21. The van der Waals surface area contributed by atoms with Crippen LogP contribution in [0.15, 0.2) is 54.6 Å². The lowest BCUT2D eigenvalue weighted by Crippen LogP contribution is -2.43. The van der Waals surface area contributed by atoms with Crippen molar-refractivity contribution in [1.82, 2.24) is 15.2 Å².